The van der Waals surface area contributed by atoms with Crippen molar-refractivity contribution in [1.29, 1.82) is 0 Å². The Balaban J connectivity index is 1.55. The van der Waals surface area contributed by atoms with E-state index in [0.29, 0.717) is 18.3 Å². The molecule has 0 bridgehead atoms. The maximum atomic E-state index is 12.0. The Morgan fingerprint density at radius 3 is 2.57 bits per heavy atom. The zero-order valence-electron chi connectivity index (χ0n) is 12.0. The van der Waals surface area contributed by atoms with Crippen molar-refractivity contribution in [2.24, 2.45) is 0 Å². The lowest BCUT2D eigenvalue weighted by Crippen LogP contribution is -2.24. The topological polar surface area (TPSA) is 66.9 Å². The van der Waals surface area contributed by atoms with Gasteiger partial charge in [-0.05, 0) is 25.3 Å². The van der Waals surface area contributed by atoms with E-state index in [0.717, 1.165) is 11.4 Å². The molecular formula is C16H18N4O. The predicted octanol–water partition coefficient (Wildman–Crippen LogP) is 2.29. The molecule has 0 unspecified atom stereocenters. The highest BCUT2D eigenvalue weighted by molar-refractivity contribution is 5.91. The van der Waals surface area contributed by atoms with Crippen molar-refractivity contribution in [1.82, 2.24) is 15.3 Å². The van der Waals surface area contributed by atoms with E-state index in [1.54, 1.807) is 6.20 Å². The quantitative estimate of drug-likeness (QED) is 0.883. The molecule has 1 fully saturated rings. The van der Waals surface area contributed by atoms with Crippen molar-refractivity contribution in [3.8, 4) is 0 Å². The summed E-state index contributed by atoms with van der Waals surface area (Å²) in [7, 11) is 0. The average molecular weight is 282 g/mol. The smallest absolute Gasteiger partial charge is 0.271 e. The van der Waals surface area contributed by atoms with E-state index in [-0.39, 0.29) is 5.91 Å². The number of hydrogen-bond acceptors (Lipinski definition) is 4. The summed E-state index contributed by atoms with van der Waals surface area (Å²) in [6, 6.07) is 8.59. The van der Waals surface area contributed by atoms with Crippen LogP contribution in [-0.4, -0.2) is 21.9 Å². The highest BCUT2D eigenvalue weighted by atomic mass is 16.1. The first-order chi connectivity index (χ1) is 10.2. The molecule has 1 heterocycles. The minimum absolute atomic E-state index is 0.207. The van der Waals surface area contributed by atoms with E-state index in [1.165, 1.54) is 24.6 Å². The summed E-state index contributed by atoms with van der Waals surface area (Å²) in [6.45, 7) is 2.53. The van der Waals surface area contributed by atoms with E-state index in [4.69, 9.17) is 0 Å². The van der Waals surface area contributed by atoms with Gasteiger partial charge >= 0.3 is 0 Å². The fraction of sp³-hybridized carbons (Fsp3) is 0.312. The molecule has 5 nitrogen and oxygen atoms in total. The molecule has 0 spiro atoms. The number of benzene rings is 1. The van der Waals surface area contributed by atoms with Crippen molar-refractivity contribution in [2.75, 3.05) is 5.32 Å². The van der Waals surface area contributed by atoms with Crippen molar-refractivity contribution in [2.45, 2.75) is 32.4 Å². The summed E-state index contributed by atoms with van der Waals surface area (Å²) in [4.78, 5) is 20.4. The molecule has 1 aliphatic rings. The zero-order chi connectivity index (χ0) is 14.7. The molecule has 0 atom stereocenters. The number of carbonyl (C=O) groups excluding carboxylic acids is 1. The summed E-state index contributed by atoms with van der Waals surface area (Å²) in [5.41, 5.74) is 2.60. The average Bonchev–Trinajstić information content (AvgIpc) is 3.31. The van der Waals surface area contributed by atoms with Gasteiger partial charge in [0.2, 0.25) is 0 Å². The lowest BCUT2D eigenvalue weighted by Gasteiger charge is -2.06. The van der Waals surface area contributed by atoms with E-state index >= 15 is 0 Å². The summed E-state index contributed by atoms with van der Waals surface area (Å²) in [5, 5.41) is 6.09. The van der Waals surface area contributed by atoms with Crippen LogP contribution in [0.3, 0.4) is 0 Å². The monoisotopic (exact) mass is 282 g/mol. The SMILES string of the molecule is Cc1ccc(CNC(=O)c2cnc(NC3CC3)cn2)cc1. The van der Waals surface area contributed by atoms with Crippen molar-refractivity contribution >= 4 is 11.7 Å². The van der Waals surface area contributed by atoms with Gasteiger partial charge in [-0.1, -0.05) is 29.8 Å². The second kappa shape index (κ2) is 5.91. The van der Waals surface area contributed by atoms with Gasteiger partial charge in [0.05, 0.1) is 12.4 Å². The first kappa shape index (κ1) is 13.5. The van der Waals surface area contributed by atoms with E-state index in [9.17, 15) is 4.79 Å². The molecular weight excluding hydrogens is 264 g/mol. The standard InChI is InChI=1S/C16H18N4O/c1-11-2-4-12(5-3-11)8-19-16(21)14-9-18-15(10-17-14)20-13-6-7-13/h2-5,9-10,13H,6-8H2,1H3,(H,18,20)(H,19,21). The Labute approximate surface area is 123 Å². The number of nitrogens with one attached hydrogen (secondary N) is 2. The minimum atomic E-state index is -0.207. The molecule has 108 valence electrons. The van der Waals surface area contributed by atoms with Crippen LogP contribution < -0.4 is 10.6 Å². The van der Waals surface area contributed by atoms with Gasteiger partial charge in [-0.3, -0.25) is 4.79 Å². The highest BCUT2D eigenvalue weighted by Gasteiger charge is 2.21. The molecule has 2 aromatic rings. The number of amides is 1. The summed E-state index contributed by atoms with van der Waals surface area (Å²) < 4.78 is 0. The van der Waals surface area contributed by atoms with Gasteiger partial charge in [-0.15, -0.1) is 0 Å². The van der Waals surface area contributed by atoms with Crippen molar-refractivity contribution in [3.05, 3.63) is 53.5 Å². The van der Waals surface area contributed by atoms with Gasteiger partial charge in [-0.25, -0.2) is 9.97 Å². The summed E-state index contributed by atoms with van der Waals surface area (Å²) in [6.07, 6.45) is 5.48. The maximum absolute atomic E-state index is 12.0. The Bertz CT molecular complexity index is 618. The van der Waals surface area contributed by atoms with Crippen LogP contribution in [0.25, 0.3) is 0 Å². The molecule has 0 radical (unpaired) electrons. The fourth-order valence-electron chi connectivity index (χ4n) is 1.94. The second-order valence-corrected chi connectivity index (χ2v) is 5.37. The van der Waals surface area contributed by atoms with Gasteiger partial charge in [0.1, 0.15) is 11.5 Å². The molecule has 21 heavy (non-hydrogen) atoms. The third-order valence-electron chi connectivity index (χ3n) is 3.39. The molecule has 1 aromatic heterocycles. The van der Waals surface area contributed by atoms with Crippen LogP contribution >= 0.6 is 0 Å². The number of anilines is 1. The van der Waals surface area contributed by atoms with Gasteiger partial charge < -0.3 is 10.6 Å². The molecule has 5 heteroatoms. The van der Waals surface area contributed by atoms with Crippen molar-refractivity contribution < 1.29 is 4.79 Å². The molecule has 0 aliphatic heterocycles. The Kier molecular flexibility index (Phi) is 3.81. The maximum Gasteiger partial charge on any atom is 0.271 e. The molecule has 1 aromatic carbocycles. The molecule has 0 saturated heterocycles. The first-order valence-corrected chi connectivity index (χ1v) is 7.13. The molecule has 2 N–H and O–H groups in total. The van der Waals surface area contributed by atoms with Gasteiger partial charge in [0, 0.05) is 12.6 Å². The van der Waals surface area contributed by atoms with E-state index in [2.05, 4.69) is 20.6 Å². The largest absolute Gasteiger partial charge is 0.366 e. The van der Waals surface area contributed by atoms with Crippen LogP contribution in [0.15, 0.2) is 36.7 Å². The molecule has 1 amide bonds. The lowest BCUT2D eigenvalue weighted by molar-refractivity contribution is 0.0945. The number of aromatic nitrogens is 2. The van der Waals surface area contributed by atoms with Crippen LogP contribution in [-0.2, 0) is 6.54 Å². The van der Waals surface area contributed by atoms with Gasteiger partial charge in [0.25, 0.3) is 5.91 Å². The van der Waals surface area contributed by atoms with Crippen molar-refractivity contribution in [3.63, 3.8) is 0 Å². The van der Waals surface area contributed by atoms with Crippen LogP contribution in [0.2, 0.25) is 0 Å². The number of carbonyl (C=O) groups is 1. The highest BCUT2D eigenvalue weighted by Crippen LogP contribution is 2.23. The molecule has 1 aliphatic carbocycles. The number of nitrogens with zero attached hydrogens (tertiary/aromatic N) is 2. The van der Waals surface area contributed by atoms with E-state index in [1.807, 2.05) is 31.2 Å². The fourth-order valence-corrected chi connectivity index (χ4v) is 1.94. The Morgan fingerprint density at radius 1 is 1.19 bits per heavy atom. The predicted molar refractivity (Wildman–Crippen MR) is 81.0 cm³/mol. The second-order valence-electron chi connectivity index (χ2n) is 5.37. The van der Waals surface area contributed by atoms with Crippen LogP contribution in [0, 0.1) is 6.92 Å². The summed E-state index contributed by atoms with van der Waals surface area (Å²) >= 11 is 0. The van der Waals surface area contributed by atoms with Gasteiger partial charge in [0.15, 0.2) is 0 Å². The van der Waals surface area contributed by atoms with E-state index < -0.39 is 0 Å². The summed E-state index contributed by atoms with van der Waals surface area (Å²) in [5.74, 6) is 0.522. The number of rotatable bonds is 5. The minimum Gasteiger partial charge on any atom is -0.366 e. The Hall–Kier alpha value is -2.43. The zero-order valence-corrected chi connectivity index (χ0v) is 12.0. The third kappa shape index (κ3) is 3.78. The normalized spacial score (nSPS) is 13.8. The van der Waals surface area contributed by atoms with Crippen LogP contribution in [0.1, 0.15) is 34.5 Å². The number of aryl methyl sites for hydroxylation is 1. The number of hydrogen-bond donors (Lipinski definition) is 2. The van der Waals surface area contributed by atoms with Gasteiger partial charge in [-0.2, -0.15) is 0 Å². The Morgan fingerprint density at radius 2 is 1.95 bits per heavy atom. The van der Waals surface area contributed by atoms with Crippen LogP contribution in [0.4, 0.5) is 5.82 Å². The third-order valence-corrected chi connectivity index (χ3v) is 3.39. The molecule has 3 rings (SSSR count). The lowest BCUT2D eigenvalue weighted by atomic mass is 10.1. The van der Waals surface area contributed by atoms with Crippen LogP contribution in [0.5, 0.6) is 0 Å². The first-order valence-electron chi connectivity index (χ1n) is 7.13. The molecule has 1 saturated carbocycles.